The van der Waals surface area contributed by atoms with Crippen LogP contribution in [0.2, 0.25) is 0 Å². The van der Waals surface area contributed by atoms with E-state index in [-0.39, 0.29) is 11.9 Å². The van der Waals surface area contributed by atoms with Gasteiger partial charge in [-0.25, -0.2) is 9.69 Å². The van der Waals surface area contributed by atoms with Gasteiger partial charge in [0.25, 0.3) is 5.91 Å². The summed E-state index contributed by atoms with van der Waals surface area (Å²) < 4.78 is 5.21. The van der Waals surface area contributed by atoms with E-state index in [2.05, 4.69) is 22.3 Å². The Labute approximate surface area is 171 Å². The van der Waals surface area contributed by atoms with Crippen molar-refractivity contribution in [3.8, 4) is 5.75 Å². The maximum Gasteiger partial charge on any atom is 0.326 e. The molecule has 3 heterocycles. The number of likely N-dealkylation sites (tertiary alicyclic amines) is 1. The summed E-state index contributed by atoms with van der Waals surface area (Å²) in [7, 11) is 1.69. The minimum Gasteiger partial charge on any atom is -0.497 e. The summed E-state index contributed by atoms with van der Waals surface area (Å²) in [5, 5.41) is 2.96. The Bertz CT molecular complexity index is 710. The number of ether oxygens (including phenoxy) is 1. The number of nitrogens with one attached hydrogen (secondary N) is 1. The molecule has 7 heteroatoms. The van der Waals surface area contributed by atoms with E-state index in [9.17, 15) is 9.59 Å². The molecule has 152 valence electrons. The zero-order valence-electron chi connectivity index (χ0n) is 16.5. The number of nitrogens with zero attached hydrogens (tertiary/aromatic N) is 2. The van der Waals surface area contributed by atoms with Gasteiger partial charge in [0, 0.05) is 18.8 Å². The van der Waals surface area contributed by atoms with Gasteiger partial charge < -0.3 is 10.1 Å². The van der Waals surface area contributed by atoms with Crippen LogP contribution in [-0.2, 0) is 11.2 Å². The molecule has 1 N–H and O–H groups in total. The summed E-state index contributed by atoms with van der Waals surface area (Å²) in [6.07, 6.45) is 5.28. The van der Waals surface area contributed by atoms with E-state index in [1.165, 1.54) is 16.9 Å². The number of carbonyl (C=O) groups is 2. The molecule has 0 unspecified atom stereocenters. The van der Waals surface area contributed by atoms with Gasteiger partial charge in [0.15, 0.2) is 0 Å². The molecule has 0 radical (unpaired) electrons. The molecule has 1 atom stereocenters. The molecule has 6 nitrogen and oxygen atoms in total. The van der Waals surface area contributed by atoms with Crippen molar-refractivity contribution in [1.82, 2.24) is 15.1 Å². The largest absolute Gasteiger partial charge is 0.497 e. The van der Waals surface area contributed by atoms with Crippen molar-refractivity contribution in [2.75, 3.05) is 38.4 Å². The van der Waals surface area contributed by atoms with Crippen LogP contribution in [0.15, 0.2) is 24.3 Å². The number of rotatable bonds is 6. The summed E-state index contributed by atoms with van der Waals surface area (Å²) in [5.74, 6) is 3.24. The molecule has 1 spiro atoms. The minimum atomic E-state index is -0.627. The van der Waals surface area contributed by atoms with Crippen LogP contribution in [-0.4, -0.2) is 65.7 Å². The standard InChI is InChI=1S/C21H29N3O3S/c1-27-18-6-4-16(5-7-18)2-3-17-8-11-23(12-9-17)15-24-19(25)21(22-20(24)26)10-13-28-14-21/h4-7,17H,2-3,8-15H2,1H3,(H,22,26)/t21-/m0/s1. The van der Waals surface area contributed by atoms with Crippen LogP contribution in [0.25, 0.3) is 0 Å². The molecule has 1 aromatic rings. The lowest BCUT2D eigenvalue weighted by molar-refractivity contribution is -0.132. The van der Waals surface area contributed by atoms with Crippen LogP contribution in [0.1, 0.15) is 31.2 Å². The highest BCUT2D eigenvalue weighted by Gasteiger charge is 2.53. The normalized spacial score (nSPS) is 26.2. The van der Waals surface area contributed by atoms with E-state index in [0.29, 0.717) is 18.3 Å². The molecule has 3 aliphatic rings. The first kappa shape index (κ1) is 19.6. The van der Waals surface area contributed by atoms with Gasteiger partial charge in [0.2, 0.25) is 0 Å². The zero-order valence-corrected chi connectivity index (χ0v) is 17.3. The maximum atomic E-state index is 12.8. The quantitative estimate of drug-likeness (QED) is 0.740. The summed E-state index contributed by atoms with van der Waals surface area (Å²) in [4.78, 5) is 28.8. The number of carbonyl (C=O) groups excluding carboxylic acids is 2. The number of amides is 3. The second-order valence-corrected chi connectivity index (χ2v) is 9.24. The molecule has 4 rings (SSSR count). The molecule has 0 aliphatic carbocycles. The van der Waals surface area contributed by atoms with Crippen molar-refractivity contribution in [3.05, 3.63) is 29.8 Å². The molecule has 0 bridgehead atoms. The number of urea groups is 1. The monoisotopic (exact) mass is 403 g/mol. The second kappa shape index (κ2) is 8.33. The van der Waals surface area contributed by atoms with Crippen LogP contribution in [0, 0.1) is 5.92 Å². The van der Waals surface area contributed by atoms with Crippen molar-refractivity contribution in [1.29, 1.82) is 0 Å². The number of piperidine rings is 1. The number of hydrogen-bond acceptors (Lipinski definition) is 5. The van der Waals surface area contributed by atoms with Crippen molar-refractivity contribution in [3.63, 3.8) is 0 Å². The van der Waals surface area contributed by atoms with E-state index in [0.717, 1.165) is 50.3 Å². The Kier molecular flexibility index (Phi) is 5.83. The smallest absolute Gasteiger partial charge is 0.326 e. The predicted molar refractivity (Wildman–Crippen MR) is 111 cm³/mol. The second-order valence-electron chi connectivity index (χ2n) is 8.14. The highest BCUT2D eigenvalue weighted by molar-refractivity contribution is 7.99. The van der Waals surface area contributed by atoms with Crippen LogP contribution in [0.5, 0.6) is 5.75 Å². The third-order valence-corrected chi connectivity index (χ3v) is 7.51. The average Bonchev–Trinajstić information content (AvgIpc) is 3.28. The SMILES string of the molecule is COc1ccc(CCC2CCN(CN3C(=O)N[C@]4(CCSC4)C3=O)CC2)cc1. The molecule has 3 amide bonds. The first-order valence-electron chi connectivity index (χ1n) is 10.2. The van der Waals surface area contributed by atoms with Gasteiger partial charge in [-0.1, -0.05) is 12.1 Å². The fourth-order valence-electron chi connectivity index (χ4n) is 4.42. The number of methoxy groups -OCH3 is 1. The lowest BCUT2D eigenvalue weighted by atomic mass is 9.90. The Hall–Kier alpha value is -1.73. The first-order valence-corrected chi connectivity index (χ1v) is 11.3. The Balaban J connectivity index is 1.23. The van der Waals surface area contributed by atoms with Crippen LogP contribution < -0.4 is 10.1 Å². The predicted octanol–water partition coefficient (Wildman–Crippen LogP) is 2.72. The molecule has 28 heavy (non-hydrogen) atoms. The van der Waals surface area contributed by atoms with Crippen molar-refractivity contribution < 1.29 is 14.3 Å². The number of thioether (sulfide) groups is 1. The van der Waals surface area contributed by atoms with E-state index in [1.807, 2.05) is 12.1 Å². The third kappa shape index (κ3) is 4.01. The summed E-state index contributed by atoms with van der Waals surface area (Å²) >= 11 is 1.75. The maximum absolute atomic E-state index is 12.8. The fraction of sp³-hybridized carbons (Fsp3) is 0.619. The van der Waals surface area contributed by atoms with Gasteiger partial charge in [-0.15, -0.1) is 0 Å². The molecule has 3 aliphatic heterocycles. The number of hydrogen-bond donors (Lipinski definition) is 1. The highest BCUT2D eigenvalue weighted by atomic mass is 32.2. The van der Waals surface area contributed by atoms with E-state index >= 15 is 0 Å². The van der Waals surface area contributed by atoms with Crippen LogP contribution >= 0.6 is 11.8 Å². The van der Waals surface area contributed by atoms with Crippen LogP contribution in [0.3, 0.4) is 0 Å². The third-order valence-electron chi connectivity index (χ3n) is 6.32. The van der Waals surface area contributed by atoms with Crippen molar-refractivity contribution >= 4 is 23.7 Å². The lowest BCUT2D eigenvalue weighted by Gasteiger charge is -2.33. The number of aryl methyl sites for hydroxylation is 1. The molecule has 0 aromatic heterocycles. The molecule has 0 saturated carbocycles. The Morgan fingerprint density at radius 3 is 2.61 bits per heavy atom. The summed E-state index contributed by atoms with van der Waals surface area (Å²) in [6.45, 7) is 2.33. The molecule has 3 fully saturated rings. The molecular weight excluding hydrogens is 374 g/mol. The highest BCUT2D eigenvalue weighted by Crippen LogP contribution is 2.33. The Morgan fingerprint density at radius 2 is 1.96 bits per heavy atom. The average molecular weight is 404 g/mol. The molecule has 1 aromatic carbocycles. The summed E-state index contributed by atoms with van der Waals surface area (Å²) in [6, 6.07) is 8.11. The van der Waals surface area contributed by atoms with Gasteiger partial charge >= 0.3 is 6.03 Å². The van der Waals surface area contributed by atoms with Crippen molar-refractivity contribution in [2.24, 2.45) is 5.92 Å². The summed E-state index contributed by atoms with van der Waals surface area (Å²) in [5.41, 5.74) is 0.723. The van der Waals surface area contributed by atoms with Crippen molar-refractivity contribution in [2.45, 2.75) is 37.6 Å². The zero-order chi connectivity index (χ0) is 19.6. The number of benzene rings is 1. The number of imide groups is 1. The topological polar surface area (TPSA) is 61.9 Å². The van der Waals surface area contributed by atoms with Gasteiger partial charge in [-0.3, -0.25) is 9.69 Å². The van der Waals surface area contributed by atoms with E-state index in [1.54, 1.807) is 18.9 Å². The first-order chi connectivity index (χ1) is 13.6. The molecular formula is C21H29N3O3S. The molecule has 3 saturated heterocycles. The van der Waals surface area contributed by atoms with Crippen LogP contribution in [0.4, 0.5) is 4.79 Å². The van der Waals surface area contributed by atoms with E-state index < -0.39 is 5.54 Å². The Morgan fingerprint density at radius 1 is 1.21 bits per heavy atom. The van der Waals surface area contributed by atoms with Gasteiger partial charge in [-0.2, -0.15) is 11.8 Å². The fourth-order valence-corrected chi connectivity index (χ4v) is 5.74. The van der Waals surface area contributed by atoms with Gasteiger partial charge in [-0.05, 0) is 61.5 Å². The van der Waals surface area contributed by atoms with Gasteiger partial charge in [0.1, 0.15) is 11.3 Å². The minimum absolute atomic E-state index is 0.0240. The van der Waals surface area contributed by atoms with E-state index in [4.69, 9.17) is 4.74 Å². The van der Waals surface area contributed by atoms with Gasteiger partial charge in [0.05, 0.1) is 13.8 Å². The lowest BCUT2D eigenvalue weighted by Crippen LogP contribution is -2.48.